The number of esters is 1. The molecule has 1 aromatic rings. The summed E-state index contributed by atoms with van der Waals surface area (Å²) in [6.07, 6.45) is -2.44. The summed E-state index contributed by atoms with van der Waals surface area (Å²) in [6.45, 7) is 0.0949. The average Bonchev–Trinajstić information content (AvgIpc) is 2.37. The third-order valence-corrected chi connectivity index (χ3v) is 2.08. The summed E-state index contributed by atoms with van der Waals surface area (Å²) >= 11 is 0. The van der Waals surface area contributed by atoms with Crippen LogP contribution in [-0.4, -0.2) is 30.5 Å². The third-order valence-electron chi connectivity index (χ3n) is 2.08. The largest absolute Gasteiger partial charge is 0.469 e. The number of ether oxygens (including phenoxy) is 2. The normalized spacial score (nSPS) is 11.4. The van der Waals surface area contributed by atoms with Crippen LogP contribution in [0.25, 0.3) is 0 Å². The minimum Gasteiger partial charge on any atom is -0.469 e. The lowest BCUT2D eigenvalue weighted by Crippen LogP contribution is -2.36. The van der Waals surface area contributed by atoms with Gasteiger partial charge in [-0.25, -0.2) is 4.79 Å². The molecule has 0 aliphatic carbocycles. The number of aliphatic hydroxyl groups is 1. The van der Waals surface area contributed by atoms with Crippen molar-refractivity contribution < 1.29 is 24.2 Å². The van der Waals surface area contributed by atoms with Gasteiger partial charge >= 0.3 is 12.1 Å². The molecule has 0 saturated carbocycles. The fraction of sp³-hybridized carbons (Fsp3) is 0.333. The van der Waals surface area contributed by atoms with Gasteiger partial charge in [-0.2, -0.15) is 0 Å². The molecule has 0 aromatic heterocycles. The number of benzene rings is 1. The van der Waals surface area contributed by atoms with Gasteiger partial charge in [0.1, 0.15) is 12.8 Å². The van der Waals surface area contributed by atoms with Crippen LogP contribution in [0.4, 0.5) is 4.79 Å². The molecule has 0 aliphatic heterocycles. The van der Waals surface area contributed by atoms with Crippen molar-refractivity contribution in [1.29, 1.82) is 0 Å². The fourth-order valence-electron chi connectivity index (χ4n) is 1.19. The van der Waals surface area contributed by atoms with Gasteiger partial charge in [0, 0.05) is 0 Å². The van der Waals surface area contributed by atoms with Crippen molar-refractivity contribution in [2.75, 3.05) is 7.11 Å². The minimum absolute atomic E-state index is 0.0949. The molecule has 0 fully saturated rings. The predicted molar refractivity (Wildman–Crippen MR) is 62.4 cm³/mol. The SMILES string of the molecule is COC(=O)CC(O)NC(=O)OCc1ccccc1. The summed E-state index contributed by atoms with van der Waals surface area (Å²) in [5.74, 6) is -0.620. The molecule has 0 radical (unpaired) electrons. The zero-order chi connectivity index (χ0) is 13.4. The van der Waals surface area contributed by atoms with Crippen LogP contribution < -0.4 is 5.32 Å². The zero-order valence-corrected chi connectivity index (χ0v) is 9.96. The smallest absolute Gasteiger partial charge is 0.409 e. The molecule has 1 amide bonds. The first-order chi connectivity index (χ1) is 8.61. The van der Waals surface area contributed by atoms with Gasteiger partial charge in [0.25, 0.3) is 0 Å². The Morgan fingerprint density at radius 1 is 1.33 bits per heavy atom. The number of hydrogen-bond acceptors (Lipinski definition) is 5. The molecule has 1 unspecified atom stereocenters. The molecule has 2 N–H and O–H groups in total. The number of nitrogens with one attached hydrogen (secondary N) is 1. The van der Waals surface area contributed by atoms with Crippen molar-refractivity contribution in [2.45, 2.75) is 19.3 Å². The van der Waals surface area contributed by atoms with Crippen LogP contribution in [0, 0.1) is 0 Å². The van der Waals surface area contributed by atoms with Gasteiger partial charge in [-0.3, -0.25) is 10.1 Å². The number of amides is 1. The number of aliphatic hydroxyl groups excluding tert-OH is 1. The van der Waals surface area contributed by atoms with Crippen LogP contribution in [0.15, 0.2) is 30.3 Å². The summed E-state index contributed by atoms with van der Waals surface area (Å²) in [4.78, 5) is 22.1. The van der Waals surface area contributed by atoms with E-state index in [1.807, 2.05) is 18.2 Å². The molecular formula is C12H15NO5. The minimum atomic E-state index is -1.32. The summed E-state index contributed by atoms with van der Waals surface area (Å²) in [6, 6.07) is 9.10. The van der Waals surface area contributed by atoms with Crippen LogP contribution in [0.5, 0.6) is 0 Å². The van der Waals surface area contributed by atoms with Gasteiger partial charge in [-0.1, -0.05) is 30.3 Å². The Bertz CT molecular complexity index is 393. The quantitative estimate of drug-likeness (QED) is 0.598. The van der Waals surface area contributed by atoms with E-state index in [2.05, 4.69) is 10.1 Å². The van der Waals surface area contributed by atoms with Crippen LogP contribution >= 0.6 is 0 Å². The number of methoxy groups -OCH3 is 1. The Hall–Kier alpha value is -2.08. The lowest BCUT2D eigenvalue weighted by molar-refractivity contribution is -0.143. The van der Waals surface area contributed by atoms with E-state index in [1.165, 1.54) is 7.11 Å². The van der Waals surface area contributed by atoms with E-state index in [0.29, 0.717) is 0 Å². The average molecular weight is 253 g/mol. The Morgan fingerprint density at radius 3 is 2.61 bits per heavy atom. The number of carbonyl (C=O) groups is 2. The van der Waals surface area contributed by atoms with E-state index in [1.54, 1.807) is 12.1 Å². The van der Waals surface area contributed by atoms with E-state index in [4.69, 9.17) is 4.74 Å². The fourth-order valence-corrected chi connectivity index (χ4v) is 1.19. The van der Waals surface area contributed by atoms with Crippen molar-refractivity contribution in [3.63, 3.8) is 0 Å². The van der Waals surface area contributed by atoms with Crippen molar-refractivity contribution >= 4 is 12.1 Å². The molecule has 0 bridgehead atoms. The number of rotatable bonds is 5. The number of carbonyl (C=O) groups excluding carboxylic acids is 2. The predicted octanol–water partition coefficient (Wildman–Crippen LogP) is 0.794. The monoisotopic (exact) mass is 253 g/mol. The van der Waals surface area contributed by atoms with Gasteiger partial charge in [-0.05, 0) is 5.56 Å². The maximum atomic E-state index is 11.3. The van der Waals surface area contributed by atoms with Gasteiger partial charge < -0.3 is 14.6 Å². The van der Waals surface area contributed by atoms with Gasteiger partial charge in [0.2, 0.25) is 0 Å². The van der Waals surface area contributed by atoms with E-state index >= 15 is 0 Å². The highest BCUT2D eigenvalue weighted by atomic mass is 16.6. The lowest BCUT2D eigenvalue weighted by atomic mass is 10.2. The van der Waals surface area contributed by atoms with Crippen LogP contribution in [0.3, 0.4) is 0 Å². The van der Waals surface area contributed by atoms with Crippen molar-refractivity contribution in [2.24, 2.45) is 0 Å². The second-order valence-corrected chi connectivity index (χ2v) is 3.50. The molecule has 18 heavy (non-hydrogen) atoms. The molecule has 6 nitrogen and oxygen atoms in total. The second-order valence-electron chi connectivity index (χ2n) is 3.50. The summed E-state index contributed by atoms with van der Waals surface area (Å²) in [7, 11) is 1.20. The van der Waals surface area contributed by atoms with E-state index in [9.17, 15) is 14.7 Å². The molecule has 0 aliphatic rings. The zero-order valence-electron chi connectivity index (χ0n) is 9.96. The molecular weight excluding hydrogens is 238 g/mol. The molecule has 0 saturated heterocycles. The highest BCUT2D eigenvalue weighted by Crippen LogP contribution is 2.01. The highest BCUT2D eigenvalue weighted by Gasteiger charge is 2.14. The van der Waals surface area contributed by atoms with Gasteiger partial charge in [0.05, 0.1) is 13.5 Å². The Kier molecular flexibility index (Phi) is 5.66. The first kappa shape index (κ1) is 14.0. The molecule has 1 rings (SSSR count). The number of alkyl carbamates (subject to hydrolysis) is 1. The highest BCUT2D eigenvalue weighted by molar-refractivity contribution is 5.72. The summed E-state index contributed by atoms with van der Waals surface area (Å²) in [5.41, 5.74) is 0.829. The third kappa shape index (κ3) is 5.31. The van der Waals surface area contributed by atoms with Gasteiger partial charge in [-0.15, -0.1) is 0 Å². The molecule has 98 valence electrons. The van der Waals surface area contributed by atoms with Crippen LogP contribution in [0.2, 0.25) is 0 Å². The van der Waals surface area contributed by atoms with E-state index in [0.717, 1.165) is 5.56 Å². The summed E-state index contributed by atoms with van der Waals surface area (Å²) in [5, 5.41) is 11.4. The van der Waals surface area contributed by atoms with Crippen molar-refractivity contribution in [3.05, 3.63) is 35.9 Å². The molecule has 0 heterocycles. The topological polar surface area (TPSA) is 84.9 Å². The maximum absolute atomic E-state index is 11.3. The first-order valence-corrected chi connectivity index (χ1v) is 5.34. The lowest BCUT2D eigenvalue weighted by Gasteiger charge is -2.11. The Morgan fingerprint density at radius 2 is 2.00 bits per heavy atom. The van der Waals surface area contributed by atoms with Crippen LogP contribution in [-0.2, 0) is 20.9 Å². The van der Waals surface area contributed by atoms with Crippen molar-refractivity contribution in [1.82, 2.24) is 5.32 Å². The first-order valence-electron chi connectivity index (χ1n) is 5.34. The van der Waals surface area contributed by atoms with Crippen molar-refractivity contribution in [3.8, 4) is 0 Å². The summed E-state index contributed by atoms with van der Waals surface area (Å²) < 4.78 is 9.19. The molecule has 0 spiro atoms. The maximum Gasteiger partial charge on any atom is 0.409 e. The van der Waals surface area contributed by atoms with Gasteiger partial charge in [0.15, 0.2) is 0 Å². The van der Waals surface area contributed by atoms with Crippen LogP contribution in [0.1, 0.15) is 12.0 Å². The molecule has 1 aromatic carbocycles. The number of hydrogen-bond donors (Lipinski definition) is 2. The standard InChI is InChI=1S/C12H15NO5/c1-17-11(15)7-10(14)13-12(16)18-8-9-5-3-2-4-6-9/h2-6,10,14H,7-8H2,1H3,(H,13,16). The second kappa shape index (κ2) is 7.29. The van der Waals surface area contributed by atoms with E-state index in [-0.39, 0.29) is 13.0 Å². The molecule has 6 heteroatoms. The Balaban J connectivity index is 2.27. The van der Waals surface area contributed by atoms with E-state index < -0.39 is 18.3 Å². The Labute approximate surface area is 105 Å². The molecule has 1 atom stereocenters.